The van der Waals surface area contributed by atoms with Gasteiger partial charge >= 0.3 is 0 Å². The van der Waals surface area contributed by atoms with Gasteiger partial charge in [0.1, 0.15) is 11.6 Å². The van der Waals surface area contributed by atoms with Crippen molar-refractivity contribution >= 4 is 11.0 Å². The van der Waals surface area contributed by atoms with E-state index in [1.807, 2.05) is 12.1 Å². The van der Waals surface area contributed by atoms with Crippen LogP contribution in [-0.2, 0) is 6.54 Å². The molecule has 2 rings (SSSR count). The van der Waals surface area contributed by atoms with Crippen molar-refractivity contribution in [2.45, 2.75) is 58.5 Å². The molecule has 0 fully saturated rings. The van der Waals surface area contributed by atoms with Crippen molar-refractivity contribution in [3.8, 4) is 5.75 Å². The van der Waals surface area contributed by atoms with Gasteiger partial charge in [-0.1, -0.05) is 33.1 Å². The van der Waals surface area contributed by atoms with Gasteiger partial charge in [0.05, 0.1) is 24.2 Å². The highest BCUT2D eigenvalue weighted by Crippen LogP contribution is 2.26. The molecule has 4 nitrogen and oxygen atoms in total. The fourth-order valence-corrected chi connectivity index (χ4v) is 2.64. The number of hydrogen-bond donors (Lipinski definition) is 1. The zero-order valence-electron chi connectivity index (χ0n) is 13.4. The predicted molar refractivity (Wildman–Crippen MR) is 87.6 cm³/mol. The number of benzene rings is 1. The van der Waals surface area contributed by atoms with Gasteiger partial charge in [-0.05, 0) is 25.0 Å². The van der Waals surface area contributed by atoms with Crippen molar-refractivity contribution in [2.24, 2.45) is 5.73 Å². The van der Waals surface area contributed by atoms with Gasteiger partial charge in [-0.25, -0.2) is 4.98 Å². The van der Waals surface area contributed by atoms with Crippen LogP contribution >= 0.6 is 0 Å². The molecule has 1 aromatic carbocycles. The van der Waals surface area contributed by atoms with E-state index in [9.17, 15) is 0 Å². The Kier molecular flexibility index (Phi) is 5.62. The van der Waals surface area contributed by atoms with E-state index in [0.717, 1.165) is 54.8 Å². The fourth-order valence-electron chi connectivity index (χ4n) is 2.64. The number of unbranched alkanes of at least 4 members (excludes halogenated alkanes) is 2. The SMILES string of the molecule is CCCCC(N)c1nc2cc(OC)ccc2n1CCCC. The molecule has 0 bridgehead atoms. The molecule has 0 amide bonds. The average Bonchev–Trinajstić information content (AvgIpc) is 2.88. The van der Waals surface area contributed by atoms with Crippen molar-refractivity contribution in [3.63, 3.8) is 0 Å². The Labute approximate surface area is 127 Å². The maximum absolute atomic E-state index is 6.37. The molecule has 0 saturated carbocycles. The molecule has 0 aliphatic rings. The van der Waals surface area contributed by atoms with Gasteiger partial charge in [0.25, 0.3) is 0 Å². The summed E-state index contributed by atoms with van der Waals surface area (Å²) in [6.45, 7) is 5.38. The summed E-state index contributed by atoms with van der Waals surface area (Å²) < 4.78 is 7.59. The van der Waals surface area contributed by atoms with Crippen LogP contribution in [0.2, 0.25) is 0 Å². The lowest BCUT2D eigenvalue weighted by molar-refractivity contribution is 0.415. The summed E-state index contributed by atoms with van der Waals surface area (Å²) in [6, 6.07) is 6.09. The highest BCUT2D eigenvalue weighted by molar-refractivity contribution is 5.78. The zero-order chi connectivity index (χ0) is 15.2. The minimum absolute atomic E-state index is 0.0141. The molecule has 2 aromatic rings. The molecule has 0 aliphatic carbocycles. The quantitative estimate of drug-likeness (QED) is 0.798. The highest BCUT2D eigenvalue weighted by Gasteiger charge is 2.16. The van der Waals surface area contributed by atoms with E-state index in [2.05, 4.69) is 24.5 Å². The number of methoxy groups -OCH3 is 1. The largest absolute Gasteiger partial charge is 0.497 e. The predicted octanol–water partition coefficient (Wildman–Crippen LogP) is 4.04. The lowest BCUT2D eigenvalue weighted by Crippen LogP contribution is -2.17. The second kappa shape index (κ2) is 7.46. The van der Waals surface area contributed by atoms with Gasteiger partial charge in [-0.2, -0.15) is 0 Å². The van der Waals surface area contributed by atoms with Gasteiger partial charge in [-0.3, -0.25) is 0 Å². The smallest absolute Gasteiger partial charge is 0.126 e. The van der Waals surface area contributed by atoms with E-state index in [-0.39, 0.29) is 6.04 Å². The minimum Gasteiger partial charge on any atom is -0.497 e. The molecule has 4 heteroatoms. The molecule has 21 heavy (non-hydrogen) atoms. The lowest BCUT2D eigenvalue weighted by Gasteiger charge is -2.14. The molecule has 0 aliphatic heterocycles. The van der Waals surface area contributed by atoms with E-state index in [1.165, 1.54) is 6.42 Å². The van der Waals surface area contributed by atoms with Crippen LogP contribution in [0.15, 0.2) is 18.2 Å². The van der Waals surface area contributed by atoms with E-state index in [1.54, 1.807) is 7.11 Å². The summed E-state index contributed by atoms with van der Waals surface area (Å²) in [5, 5.41) is 0. The molecule has 1 atom stereocenters. The summed E-state index contributed by atoms with van der Waals surface area (Å²) in [5.41, 5.74) is 8.51. The van der Waals surface area contributed by atoms with Gasteiger partial charge in [0.2, 0.25) is 0 Å². The Bertz CT molecular complexity index is 577. The zero-order valence-corrected chi connectivity index (χ0v) is 13.4. The Morgan fingerprint density at radius 2 is 2.00 bits per heavy atom. The first-order valence-electron chi connectivity index (χ1n) is 8.01. The Hall–Kier alpha value is -1.55. The lowest BCUT2D eigenvalue weighted by atomic mass is 10.1. The van der Waals surface area contributed by atoms with E-state index < -0.39 is 0 Å². The van der Waals surface area contributed by atoms with Gasteiger partial charge < -0.3 is 15.0 Å². The number of aromatic nitrogens is 2. The van der Waals surface area contributed by atoms with Gasteiger partial charge in [0, 0.05) is 12.6 Å². The standard InChI is InChI=1S/C17H27N3O/c1-4-6-8-14(18)17-19-15-12-13(21-3)9-10-16(15)20(17)11-7-5-2/h9-10,12,14H,4-8,11,18H2,1-3H3. The monoisotopic (exact) mass is 289 g/mol. The second-order valence-electron chi connectivity index (χ2n) is 5.58. The highest BCUT2D eigenvalue weighted by atomic mass is 16.5. The van der Waals surface area contributed by atoms with Crippen LogP contribution in [0.1, 0.15) is 57.8 Å². The number of hydrogen-bond acceptors (Lipinski definition) is 3. The summed E-state index contributed by atoms with van der Waals surface area (Å²) in [5.74, 6) is 1.86. The van der Waals surface area contributed by atoms with Crippen LogP contribution in [-0.4, -0.2) is 16.7 Å². The minimum atomic E-state index is 0.0141. The van der Waals surface area contributed by atoms with Crippen LogP contribution in [0.4, 0.5) is 0 Å². The first kappa shape index (κ1) is 15.8. The Balaban J connectivity index is 2.40. The van der Waals surface area contributed by atoms with Crippen molar-refractivity contribution in [2.75, 3.05) is 7.11 Å². The first-order valence-corrected chi connectivity index (χ1v) is 8.01. The van der Waals surface area contributed by atoms with Crippen molar-refractivity contribution in [3.05, 3.63) is 24.0 Å². The third kappa shape index (κ3) is 3.56. The van der Waals surface area contributed by atoms with Gasteiger partial charge in [-0.15, -0.1) is 0 Å². The topological polar surface area (TPSA) is 53.1 Å². The summed E-state index contributed by atoms with van der Waals surface area (Å²) in [6.07, 6.45) is 5.60. The number of fused-ring (bicyclic) bond motifs is 1. The number of imidazole rings is 1. The Morgan fingerprint density at radius 1 is 1.24 bits per heavy atom. The summed E-state index contributed by atoms with van der Waals surface area (Å²) in [4.78, 5) is 4.78. The first-order chi connectivity index (χ1) is 10.2. The summed E-state index contributed by atoms with van der Waals surface area (Å²) in [7, 11) is 1.68. The summed E-state index contributed by atoms with van der Waals surface area (Å²) >= 11 is 0. The van der Waals surface area contributed by atoms with Crippen molar-refractivity contribution in [1.82, 2.24) is 9.55 Å². The van der Waals surface area contributed by atoms with Crippen LogP contribution < -0.4 is 10.5 Å². The van der Waals surface area contributed by atoms with Crippen molar-refractivity contribution in [1.29, 1.82) is 0 Å². The van der Waals surface area contributed by atoms with Crippen LogP contribution in [0.3, 0.4) is 0 Å². The molecule has 0 saturated heterocycles. The molecule has 2 N–H and O–H groups in total. The third-order valence-corrected chi connectivity index (χ3v) is 3.92. The molecule has 1 aromatic heterocycles. The molecule has 0 radical (unpaired) electrons. The molecule has 116 valence electrons. The normalized spacial score (nSPS) is 12.8. The van der Waals surface area contributed by atoms with Crippen LogP contribution in [0.5, 0.6) is 5.75 Å². The molecule has 0 spiro atoms. The van der Waals surface area contributed by atoms with E-state index in [0.29, 0.717) is 0 Å². The fraction of sp³-hybridized carbons (Fsp3) is 0.588. The van der Waals surface area contributed by atoms with Crippen molar-refractivity contribution < 1.29 is 4.74 Å². The third-order valence-electron chi connectivity index (χ3n) is 3.92. The average molecular weight is 289 g/mol. The molecule has 1 heterocycles. The maximum Gasteiger partial charge on any atom is 0.126 e. The number of nitrogens with zero attached hydrogens (tertiary/aromatic N) is 2. The molecular formula is C17H27N3O. The van der Waals surface area contributed by atoms with Gasteiger partial charge in [0.15, 0.2) is 0 Å². The molecule has 1 unspecified atom stereocenters. The second-order valence-corrected chi connectivity index (χ2v) is 5.58. The van der Waals surface area contributed by atoms with Crippen LogP contribution in [0, 0.1) is 0 Å². The van der Waals surface area contributed by atoms with Crippen LogP contribution in [0.25, 0.3) is 11.0 Å². The number of nitrogens with two attached hydrogens (primary N) is 1. The Morgan fingerprint density at radius 3 is 2.67 bits per heavy atom. The van der Waals surface area contributed by atoms with E-state index in [4.69, 9.17) is 15.5 Å². The number of rotatable bonds is 8. The maximum atomic E-state index is 6.37. The van der Waals surface area contributed by atoms with E-state index >= 15 is 0 Å². The number of ether oxygens (including phenoxy) is 1. The number of aryl methyl sites for hydroxylation is 1. The molecular weight excluding hydrogens is 262 g/mol.